The van der Waals surface area contributed by atoms with Crippen molar-refractivity contribution >= 4 is 30.0 Å². The van der Waals surface area contributed by atoms with Crippen LogP contribution in [0.3, 0.4) is 0 Å². The first-order valence-electron chi connectivity index (χ1n) is 11.3. The Hall–Kier alpha value is -3.63. The maximum atomic E-state index is 12.8. The zero-order valence-corrected chi connectivity index (χ0v) is 20.9. The van der Waals surface area contributed by atoms with Gasteiger partial charge >= 0.3 is 18.2 Å². The molecule has 0 aliphatic carbocycles. The summed E-state index contributed by atoms with van der Waals surface area (Å²) in [5.41, 5.74) is -1.19. The molecule has 0 saturated heterocycles. The molecular formula is C24H33N3O8. The van der Waals surface area contributed by atoms with Crippen molar-refractivity contribution in [2.75, 3.05) is 6.54 Å². The fourth-order valence-electron chi connectivity index (χ4n) is 3.08. The van der Waals surface area contributed by atoms with Gasteiger partial charge < -0.3 is 24.9 Å². The van der Waals surface area contributed by atoms with Crippen molar-refractivity contribution in [3.63, 3.8) is 0 Å². The lowest BCUT2D eigenvalue weighted by molar-refractivity contribution is -0.171. The number of carbonyl (C=O) groups excluding carboxylic acids is 5. The summed E-state index contributed by atoms with van der Waals surface area (Å²) in [5.74, 6) is -2.53. The normalized spacial score (nSPS) is 14.2. The quantitative estimate of drug-likeness (QED) is 0.417. The number of amides is 4. The van der Waals surface area contributed by atoms with Crippen LogP contribution in [0, 0.1) is 0 Å². The van der Waals surface area contributed by atoms with Crippen LogP contribution in [-0.2, 0) is 19.1 Å². The Morgan fingerprint density at radius 3 is 1.89 bits per heavy atom. The van der Waals surface area contributed by atoms with Gasteiger partial charge in [0.2, 0.25) is 0 Å². The van der Waals surface area contributed by atoms with Crippen LogP contribution in [-0.4, -0.2) is 58.8 Å². The Morgan fingerprint density at radius 1 is 0.857 bits per heavy atom. The third-order valence-electron chi connectivity index (χ3n) is 4.50. The minimum atomic E-state index is -1.20. The molecule has 0 aromatic heterocycles. The van der Waals surface area contributed by atoms with Gasteiger partial charge in [-0.1, -0.05) is 17.2 Å². The van der Waals surface area contributed by atoms with Crippen LogP contribution in [0.4, 0.5) is 9.59 Å². The highest BCUT2D eigenvalue weighted by Gasteiger charge is 2.40. The fourth-order valence-corrected chi connectivity index (χ4v) is 3.08. The average Bonchev–Trinajstić information content (AvgIpc) is 2.95. The standard InChI is InChI=1S/C24H33N3O8/c1-23(2,3)33-21(31)25-14-10-9-13-17(26-22(32)34-24(4,5)6)20(30)35-27-18(28)15-11-7-8-12-16(15)19(27)29/h7-8,11-12,17H,9-10,13-14H2,1-6H3,(H,25,31)(H,26,32)/t17-/m0/s1. The highest BCUT2D eigenvalue weighted by Crippen LogP contribution is 2.23. The number of rotatable bonds is 8. The Kier molecular flexibility index (Phi) is 8.83. The number of benzene rings is 1. The molecule has 1 aromatic rings. The predicted molar refractivity (Wildman–Crippen MR) is 124 cm³/mol. The summed E-state index contributed by atoms with van der Waals surface area (Å²) in [6, 6.07) is 4.89. The van der Waals surface area contributed by atoms with Gasteiger partial charge in [0, 0.05) is 6.54 Å². The molecule has 1 aromatic carbocycles. The molecule has 35 heavy (non-hydrogen) atoms. The van der Waals surface area contributed by atoms with Gasteiger partial charge in [0.25, 0.3) is 11.8 Å². The molecule has 11 nitrogen and oxygen atoms in total. The molecule has 1 heterocycles. The Morgan fingerprint density at radius 2 is 1.37 bits per heavy atom. The van der Waals surface area contributed by atoms with E-state index in [1.54, 1.807) is 53.7 Å². The number of ether oxygens (including phenoxy) is 2. The van der Waals surface area contributed by atoms with Gasteiger partial charge in [0.15, 0.2) is 0 Å². The summed E-state index contributed by atoms with van der Waals surface area (Å²) < 4.78 is 10.4. The van der Waals surface area contributed by atoms with E-state index < -0.39 is 47.2 Å². The maximum Gasteiger partial charge on any atom is 0.408 e. The third kappa shape index (κ3) is 8.58. The summed E-state index contributed by atoms with van der Waals surface area (Å²) in [4.78, 5) is 66.9. The van der Waals surface area contributed by atoms with Gasteiger partial charge in [0.1, 0.15) is 17.2 Å². The zero-order chi connectivity index (χ0) is 26.4. The van der Waals surface area contributed by atoms with Crippen LogP contribution < -0.4 is 10.6 Å². The second kappa shape index (κ2) is 11.2. The van der Waals surface area contributed by atoms with E-state index in [-0.39, 0.29) is 24.1 Å². The van der Waals surface area contributed by atoms with Gasteiger partial charge in [-0.2, -0.15) is 0 Å². The van der Waals surface area contributed by atoms with E-state index in [1.165, 1.54) is 12.1 Å². The van der Waals surface area contributed by atoms with E-state index in [0.717, 1.165) is 0 Å². The summed E-state index contributed by atoms with van der Waals surface area (Å²) in [6.45, 7) is 10.5. The van der Waals surface area contributed by atoms with Crippen LogP contribution in [0.15, 0.2) is 24.3 Å². The van der Waals surface area contributed by atoms with E-state index in [1.807, 2.05) is 0 Å². The van der Waals surface area contributed by atoms with E-state index in [9.17, 15) is 24.0 Å². The van der Waals surface area contributed by atoms with Gasteiger partial charge in [-0.05, 0) is 72.9 Å². The third-order valence-corrected chi connectivity index (χ3v) is 4.50. The number of carbonyl (C=O) groups is 5. The molecule has 0 fully saturated rings. The highest BCUT2D eigenvalue weighted by atomic mass is 16.7. The molecule has 0 spiro atoms. The smallest absolute Gasteiger partial charge is 0.408 e. The molecule has 192 valence electrons. The molecule has 2 N–H and O–H groups in total. The monoisotopic (exact) mass is 491 g/mol. The summed E-state index contributed by atoms with van der Waals surface area (Å²) in [6.07, 6.45) is -0.448. The van der Waals surface area contributed by atoms with Crippen molar-refractivity contribution in [3.8, 4) is 0 Å². The number of hydroxylamine groups is 2. The lowest BCUT2D eigenvalue weighted by atomic mass is 10.1. The molecule has 0 radical (unpaired) electrons. The van der Waals surface area contributed by atoms with Crippen LogP contribution in [0.2, 0.25) is 0 Å². The number of alkyl carbamates (subject to hydrolysis) is 2. The van der Waals surface area contributed by atoms with E-state index in [0.29, 0.717) is 17.9 Å². The Labute approximate surface area is 204 Å². The Balaban J connectivity index is 1.98. The second-order valence-electron chi connectivity index (χ2n) is 9.98. The number of nitrogens with zero attached hydrogens (tertiary/aromatic N) is 1. The summed E-state index contributed by atoms with van der Waals surface area (Å²) >= 11 is 0. The SMILES string of the molecule is CC(C)(C)OC(=O)NCCCC[C@H](NC(=O)OC(C)(C)C)C(=O)ON1C(=O)c2ccccc2C1=O. The zero-order valence-electron chi connectivity index (χ0n) is 20.9. The van der Waals surface area contributed by atoms with Crippen molar-refractivity contribution in [1.82, 2.24) is 15.7 Å². The molecule has 0 bridgehead atoms. The minimum Gasteiger partial charge on any atom is -0.444 e. The van der Waals surface area contributed by atoms with Gasteiger partial charge in [-0.15, -0.1) is 0 Å². The molecule has 2 rings (SSSR count). The predicted octanol–water partition coefficient (Wildman–Crippen LogP) is 3.33. The molecule has 0 saturated carbocycles. The summed E-state index contributed by atoms with van der Waals surface area (Å²) in [7, 11) is 0. The number of hydrogen-bond donors (Lipinski definition) is 2. The molecule has 1 aliphatic heterocycles. The number of fused-ring (bicyclic) bond motifs is 1. The van der Waals surface area contributed by atoms with Crippen LogP contribution in [0.25, 0.3) is 0 Å². The van der Waals surface area contributed by atoms with Crippen LogP contribution in [0.1, 0.15) is 81.5 Å². The first kappa shape index (κ1) is 27.6. The van der Waals surface area contributed by atoms with Crippen molar-refractivity contribution in [1.29, 1.82) is 0 Å². The Bertz CT molecular complexity index is 943. The number of imide groups is 1. The molecule has 0 unspecified atom stereocenters. The average molecular weight is 492 g/mol. The number of hydrogen-bond acceptors (Lipinski definition) is 8. The van der Waals surface area contributed by atoms with E-state index >= 15 is 0 Å². The highest BCUT2D eigenvalue weighted by molar-refractivity contribution is 6.20. The first-order valence-corrected chi connectivity index (χ1v) is 11.3. The lowest BCUT2D eigenvalue weighted by Crippen LogP contribution is -2.47. The number of unbranched alkanes of at least 4 members (excludes halogenated alkanes) is 1. The topological polar surface area (TPSA) is 140 Å². The second-order valence-corrected chi connectivity index (χ2v) is 9.98. The maximum absolute atomic E-state index is 12.8. The lowest BCUT2D eigenvalue weighted by Gasteiger charge is -2.23. The van der Waals surface area contributed by atoms with Gasteiger partial charge in [-0.25, -0.2) is 14.4 Å². The van der Waals surface area contributed by atoms with Gasteiger partial charge in [0.05, 0.1) is 11.1 Å². The molecule has 11 heteroatoms. The van der Waals surface area contributed by atoms with Crippen molar-refractivity contribution < 1.29 is 38.3 Å². The van der Waals surface area contributed by atoms with Crippen molar-refractivity contribution in [3.05, 3.63) is 35.4 Å². The largest absolute Gasteiger partial charge is 0.444 e. The molecule has 4 amide bonds. The summed E-state index contributed by atoms with van der Waals surface area (Å²) in [5, 5.41) is 5.43. The van der Waals surface area contributed by atoms with E-state index in [4.69, 9.17) is 14.3 Å². The van der Waals surface area contributed by atoms with Crippen LogP contribution in [0.5, 0.6) is 0 Å². The van der Waals surface area contributed by atoms with Crippen molar-refractivity contribution in [2.45, 2.75) is 78.0 Å². The first-order chi connectivity index (χ1) is 16.2. The van der Waals surface area contributed by atoms with E-state index in [2.05, 4.69) is 10.6 Å². The minimum absolute atomic E-state index is 0.108. The molecular weight excluding hydrogens is 458 g/mol. The number of nitrogens with one attached hydrogen (secondary N) is 2. The fraction of sp³-hybridized carbons (Fsp3) is 0.542. The van der Waals surface area contributed by atoms with Gasteiger partial charge in [-0.3, -0.25) is 9.59 Å². The van der Waals surface area contributed by atoms with Crippen molar-refractivity contribution in [2.24, 2.45) is 0 Å². The molecule has 1 atom stereocenters. The van der Waals surface area contributed by atoms with Crippen LogP contribution >= 0.6 is 0 Å². The molecule has 1 aliphatic rings.